The van der Waals surface area contributed by atoms with Gasteiger partial charge in [0.25, 0.3) is 0 Å². The summed E-state index contributed by atoms with van der Waals surface area (Å²) in [4.78, 5) is 24.6. The van der Waals surface area contributed by atoms with Gasteiger partial charge in [-0.1, -0.05) is 74.0 Å². The molecule has 0 bridgehead atoms. The third kappa shape index (κ3) is 9.62. The lowest BCUT2D eigenvalue weighted by Crippen LogP contribution is -2.50. The number of benzene rings is 2. The first-order valence-corrected chi connectivity index (χ1v) is 13.2. The first-order valence-electron chi connectivity index (χ1n) is 11.6. The van der Waals surface area contributed by atoms with Gasteiger partial charge in [-0.2, -0.15) is 4.31 Å². The van der Waals surface area contributed by atoms with Crippen LogP contribution in [0.15, 0.2) is 60.7 Å². The zero-order valence-electron chi connectivity index (χ0n) is 19.7. The van der Waals surface area contributed by atoms with Gasteiger partial charge in [0.1, 0.15) is 0 Å². The SMILES string of the molecule is C[C@@H](CCCCN)C(=O)N[C@@H](Cc1ccccc1)CN(CC(N)=O)S(=O)(=O)Cc1ccccc1. The number of primary amides is 1. The highest BCUT2D eigenvalue weighted by Crippen LogP contribution is 2.15. The van der Waals surface area contributed by atoms with Gasteiger partial charge in [-0.05, 0) is 36.9 Å². The van der Waals surface area contributed by atoms with Gasteiger partial charge in [-0.15, -0.1) is 0 Å². The number of hydrogen-bond donors (Lipinski definition) is 3. The summed E-state index contributed by atoms with van der Waals surface area (Å²) >= 11 is 0. The topological polar surface area (TPSA) is 136 Å². The summed E-state index contributed by atoms with van der Waals surface area (Å²) in [7, 11) is -3.86. The van der Waals surface area contributed by atoms with Gasteiger partial charge in [-0.25, -0.2) is 8.42 Å². The Morgan fingerprint density at radius 3 is 2.12 bits per heavy atom. The smallest absolute Gasteiger partial charge is 0.232 e. The average molecular weight is 489 g/mol. The van der Waals surface area contributed by atoms with Gasteiger partial charge in [0.2, 0.25) is 21.8 Å². The zero-order chi connectivity index (χ0) is 25.0. The molecule has 2 aromatic carbocycles. The number of amides is 2. The predicted molar refractivity (Wildman–Crippen MR) is 134 cm³/mol. The monoisotopic (exact) mass is 488 g/mol. The summed E-state index contributed by atoms with van der Waals surface area (Å²) in [6.07, 6.45) is 2.79. The number of nitrogens with two attached hydrogens (primary N) is 2. The molecule has 0 aliphatic heterocycles. The van der Waals surface area contributed by atoms with Gasteiger partial charge in [0.15, 0.2) is 0 Å². The van der Waals surface area contributed by atoms with E-state index in [1.54, 1.807) is 30.3 Å². The van der Waals surface area contributed by atoms with Crippen molar-refractivity contribution in [1.29, 1.82) is 0 Å². The van der Waals surface area contributed by atoms with Gasteiger partial charge < -0.3 is 16.8 Å². The van der Waals surface area contributed by atoms with Crippen LogP contribution in [0, 0.1) is 5.92 Å². The minimum absolute atomic E-state index is 0.0612. The minimum Gasteiger partial charge on any atom is -0.369 e. The van der Waals surface area contributed by atoms with Crippen LogP contribution in [-0.2, 0) is 31.8 Å². The first-order chi connectivity index (χ1) is 16.2. The van der Waals surface area contributed by atoms with Gasteiger partial charge in [0.05, 0.1) is 12.3 Å². The molecule has 0 spiro atoms. The molecule has 2 amide bonds. The van der Waals surface area contributed by atoms with Crippen LogP contribution in [-0.4, -0.2) is 50.2 Å². The Hall–Kier alpha value is -2.75. The molecule has 9 heteroatoms. The van der Waals surface area contributed by atoms with Crippen molar-refractivity contribution in [2.24, 2.45) is 17.4 Å². The van der Waals surface area contributed by atoms with E-state index >= 15 is 0 Å². The van der Waals surface area contributed by atoms with E-state index < -0.39 is 28.5 Å². The summed E-state index contributed by atoms with van der Waals surface area (Å²) in [6, 6.07) is 17.7. The fourth-order valence-corrected chi connectivity index (χ4v) is 5.23. The van der Waals surface area contributed by atoms with Crippen molar-refractivity contribution < 1.29 is 18.0 Å². The molecule has 2 rings (SSSR count). The molecule has 0 aromatic heterocycles. The molecule has 0 aliphatic rings. The summed E-state index contributed by atoms with van der Waals surface area (Å²) in [5.41, 5.74) is 12.5. The second-order valence-electron chi connectivity index (χ2n) is 8.58. The molecule has 186 valence electrons. The standard InChI is InChI=1S/C25H36N4O4S/c1-20(10-8-9-15-26)25(31)28-23(16-21-11-4-2-5-12-21)17-29(18-24(27)30)34(32,33)19-22-13-6-3-7-14-22/h2-7,11-14,20,23H,8-10,15-19,26H2,1H3,(H2,27,30)(H,28,31)/t20-,23-/m0/s1. The molecule has 0 radical (unpaired) electrons. The van der Waals surface area contributed by atoms with E-state index in [0.29, 0.717) is 24.9 Å². The number of carbonyl (C=O) groups excluding carboxylic acids is 2. The lowest BCUT2D eigenvalue weighted by atomic mass is 10.0. The maximum absolute atomic E-state index is 13.2. The van der Waals surface area contributed by atoms with Crippen LogP contribution in [0.2, 0.25) is 0 Å². The van der Waals surface area contributed by atoms with Crippen LogP contribution < -0.4 is 16.8 Å². The largest absolute Gasteiger partial charge is 0.369 e. The normalized spacial score (nSPS) is 13.4. The van der Waals surface area contributed by atoms with Crippen LogP contribution in [0.5, 0.6) is 0 Å². The van der Waals surface area contributed by atoms with E-state index in [1.807, 2.05) is 37.3 Å². The van der Waals surface area contributed by atoms with E-state index in [0.717, 1.165) is 22.7 Å². The second kappa shape index (κ2) is 13.8. The summed E-state index contributed by atoms with van der Waals surface area (Å²) in [5.74, 6) is -1.41. The van der Waals surface area contributed by atoms with E-state index in [2.05, 4.69) is 5.32 Å². The highest BCUT2D eigenvalue weighted by atomic mass is 32.2. The maximum Gasteiger partial charge on any atom is 0.232 e. The number of nitrogens with zero attached hydrogens (tertiary/aromatic N) is 1. The molecular formula is C25H36N4O4S. The van der Waals surface area contributed by atoms with E-state index in [9.17, 15) is 18.0 Å². The molecule has 2 aromatic rings. The van der Waals surface area contributed by atoms with Crippen molar-refractivity contribution >= 4 is 21.8 Å². The van der Waals surface area contributed by atoms with Crippen LogP contribution in [0.3, 0.4) is 0 Å². The second-order valence-corrected chi connectivity index (χ2v) is 10.6. The number of sulfonamides is 1. The molecule has 2 atom stereocenters. The fourth-order valence-electron chi connectivity index (χ4n) is 3.70. The quantitative estimate of drug-likeness (QED) is 0.329. The Balaban J connectivity index is 2.22. The Kier molecular flexibility index (Phi) is 11.2. The highest BCUT2D eigenvalue weighted by molar-refractivity contribution is 7.88. The fraction of sp³-hybridized carbons (Fsp3) is 0.440. The van der Waals surface area contributed by atoms with Crippen molar-refractivity contribution in [3.8, 4) is 0 Å². The van der Waals surface area contributed by atoms with Crippen LogP contribution in [0.25, 0.3) is 0 Å². The number of nitrogens with one attached hydrogen (secondary N) is 1. The maximum atomic E-state index is 13.2. The van der Waals surface area contributed by atoms with Gasteiger partial charge >= 0.3 is 0 Å². The molecule has 0 aliphatic carbocycles. The Bertz CT molecular complexity index is 1000. The van der Waals surface area contributed by atoms with E-state index in [-0.39, 0.29) is 24.1 Å². The Labute approximate surface area is 202 Å². The third-order valence-corrected chi connectivity index (χ3v) is 7.31. The lowest BCUT2D eigenvalue weighted by Gasteiger charge is -2.28. The molecule has 0 heterocycles. The average Bonchev–Trinajstić information content (AvgIpc) is 2.79. The van der Waals surface area contributed by atoms with Crippen molar-refractivity contribution in [1.82, 2.24) is 9.62 Å². The minimum atomic E-state index is -3.86. The van der Waals surface area contributed by atoms with Crippen molar-refractivity contribution in [3.63, 3.8) is 0 Å². The summed E-state index contributed by atoms with van der Waals surface area (Å²) in [6.45, 7) is 1.90. The van der Waals surface area contributed by atoms with Crippen LogP contribution >= 0.6 is 0 Å². The van der Waals surface area contributed by atoms with Crippen molar-refractivity contribution in [2.75, 3.05) is 19.6 Å². The number of hydrogen-bond acceptors (Lipinski definition) is 5. The number of rotatable bonds is 15. The highest BCUT2D eigenvalue weighted by Gasteiger charge is 2.29. The van der Waals surface area contributed by atoms with E-state index in [4.69, 9.17) is 11.5 Å². The molecule has 0 saturated heterocycles. The van der Waals surface area contributed by atoms with Gasteiger partial charge in [-0.3, -0.25) is 9.59 Å². The molecule has 8 nitrogen and oxygen atoms in total. The van der Waals surface area contributed by atoms with Gasteiger partial charge in [0, 0.05) is 18.5 Å². The molecule has 34 heavy (non-hydrogen) atoms. The third-order valence-electron chi connectivity index (χ3n) is 5.55. The lowest BCUT2D eigenvalue weighted by molar-refractivity contribution is -0.125. The molecule has 0 unspecified atom stereocenters. The number of unbranched alkanes of at least 4 members (excludes halogenated alkanes) is 1. The van der Waals surface area contributed by atoms with Crippen LogP contribution in [0.1, 0.15) is 37.3 Å². The molecule has 0 saturated carbocycles. The Morgan fingerprint density at radius 1 is 0.971 bits per heavy atom. The van der Waals surface area contributed by atoms with Crippen LogP contribution in [0.4, 0.5) is 0 Å². The molecule has 0 fully saturated rings. The summed E-state index contributed by atoms with van der Waals surface area (Å²) in [5, 5.41) is 3.00. The zero-order valence-corrected chi connectivity index (χ0v) is 20.5. The molecule has 5 N–H and O–H groups in total. The predicted octanol–water partition coefficient (Wildman–Crippen LogP) is 1.80. The van der Waals surface area contributed by atoms with Crippen molar-refractivity contribution in [2.45, 2.75) is 44.4 Å². The molecular weight excluding hydrogens is 452 g/mol. The Morgan fingerprint density at radius 2 is 1.56 bits per heavy atom. The number of carbonyl (C=O) groups is 2. The van der Waals surface area contributed by atoms with Crippen molar-refractivity contribution in [3.05, 3.63) is 71.8 Å². The summed E-state index contributed by atoms with van der Waals surface area (Å²) < 4.78 is 27.5. The van der Waals surface area contributed by atoms with E-state index in [1.165, 1.54) is 0 Å². The first kappa shape index (κ1) is 27.5.